The summed E-state index contributed by atoms with van der Waals surface area (Å²) in [4.78, 5) is 28.5. The molecular formula is C36H23N3O2. The second kappa shape index (κ2) is 8.03. The summed E-state index contributed by atoms with van der Waals surface area (Å²) < 4.78 is 2.10. The summed E-state index contributed by atoms with van der Waals surface area (Å²) in [6.45, 7) is 4.53. The van der Waals surface area contributed by atoms with Crippen molar-refractivity contribution in [1.29, 1.82) is 5.26 Å². The number of imide groups is 1. The lowest BCUT2D eigenvalue weighted by molar-refractivity contribution is 0.0926. The third kappa shape index (κ3) is 2.89. The lowest BCUT2D eigenvalue weighted by atomic mass is 9.82. The molecular weight excluding hydrogens is 506 g/mol. The number of rotatable bonds is 2. The number of carbonyl (C=O) groups is 2. The molecule has 0 bridgehead atoms. The zero-order valence-electron chi connectivity index (χ0n) is 22.5. The molecule has 0 radical (unpaired) electrons. The van der Waals surface area contributed by atoms with Crippen LogP contribution in [-0.4, -0.2) is 16.4 Å². The van der Waals surface area contributed by atoms with Crippen molar-refractivity contribution in [2.75, 3.05) is 4.90 Å². The average molecular weight is 530 g/mol. The number of benzene rings is 5. The Morgan fingerprint density at radius 3 is 2.05 bits per heavy atom. The van der Waals surface area contributed by atoms with E-state index in [9.17, 15) is 14.9 Å². The zero-order valence-corrected chi connectivity index (χ0v) is 22.5. The average Bonchev–Trinajstić information content (AvgIpc) is 3.56. The van der Waals surface area contributed by atoms with E-state index in [0.717, 1.165) is 21.8 Å². The third-order valence-electron chi connectivity index (χ3n) is 8.78. The summed E-state index contributed by atoms with van der Waals surface area (Å²) in [7, 11) is 0. The fourth-order valence-corrected chi connectivity index (χ4v) is 6.94. The van der Waals surface area contributed by atoms with Gasteiger partial charge < -0.3 is 4.57 Å². The summed E-state index contributed by atoms with van der Waals surface area (Å²) in [5.74, 6) is -0.848. The molecule has 5 nitrogen and oxygen atoms in total. The minimum absolute atomic E-state index is 0.157. The van der Waals surface area contributed by atoms with Gasteiger partial charge in [0.2, 0.25) is 0 Å². The molecule has 8 rings (SSSR count). The minimum Gasteiger partial charge on any atom is -0.307 e. The molecule has 5 heteroatoms. The first-order valence-electron chi connectivity index (χ1n) is 13.6. The van der Waals surface area contributed by atoms with Crippen molar-refractivity contribution in [1.82, 2.24) is 4.57 Å². The molecule has 2 heterocycles. The molecule has 1 aliphatic carbocycles. The summed E-state index contributed by atoms with van der Waals surface area (Å²) >= 11 is 0. The van der Waals surface area contributed by atoms with Crippen molar-refractivity contribution in [2.45, 2.75) is 19.3 Å². The van der Waals surface area contributed by atoms with Gasteiger partial charge in [-0.1, -0.05) is 80.6 Å². The largest absolute Gasteiger partial charge is 0.307 e. The van der Waals surface area contributed by atoms with Crippen LogP contribution in [-0.2, 0) is 5.41 Å². The van der Waals surface area contributed by atoms with Gasteiger partial charge in [0.25, 0.3) is 11.8 Å². The molecule has 1 aromatic heterocycles. The lowest BCUT2D eigenvalue weighted by Crippen LogP contribution is -2.31. The highest BCUT2D eigenvalue weighted by atomic mass is 16.2. The van der Waals surface area contributed by atoms with Crippen molar-refractivity contribution in [3.8, 4) is 22.9 Å². The maximum absolute atomic E-state index is 13.7. The first-order valence-corrected chi connectivity index (χ1v) is 13.6. The van der Waals surface area contributed by atoms with Gasteiger partial charge in [0.1, 0.15) is 6.07 Å². The fourth-order valence-electron chi connectivity index (χ4n) is 6.94. The van der Waals surface area contributed by atoms with E-state index in [1.807, 2.05) is 24.3 Å². The first kappa shape index (κ1) is 23.4. The highest BCUT2D eigenvalue weighted by Crippen LogP contribution is 2.53. The van der Waals surface area contributed by atoms with Crippen LogP contribution in [0.2, 0.25) is 0 Å². The van der Waals surface area contributed by atoms with E-state index >= 15 is 0 Å². The second-order valence-corrected chi connectivity index (χ2v) is 11.2. The number of nitrogens with zero attached hydrogens (tertiary/aromatic N) is 3. The van der Waals surface area contributed by atoms with E-state index in [1.165, 1.54) is 27.2 Å². The maximum atomic E-state index is 13.7. The van der Waals surface area contributed by atoms with Gasteiger partial charge in [0.05, 0.1) is 39.1 Å². The molecule has 1 aliphatic heterocycles. The highest BCUT2D eigenvalue weighted by Gasteiger charge is 2.40. The monoisotopic (exact) mass is 529 g/mol. The number of nitriles is 1. The van der Waals surface area contributed by atoms with E-state index in [2.05, 4.69) is 73.0 Å². The van der Waals surface area contributed by atoms with E-state index in [1.54, 1.807) is 30.3 Å². The number of carbonyl (C=O) groups excluding carboxylic acids is 2. The summed E-state index contributed by atoms with van der Waals surface area (Å²) in [5.41, 5.74) is 8.55. The predicted molar refractivity (Wildman–Crippen MR) is 161 cm³/mol. The van der Waals surface area contributed by atoms with Gasteiger partial charge in [0, 0.05) is 16.2 Å². The van der Waals surface area contributed by atoms with Gasteiger partial charge >= 0.3 is 0 Å². The molecule has 0 saturated heterocycles. The van der Waals surface area contributed by atoms with Gasteiger partial charge in [-0.15, -0.1) is 0 Å². The van der Waals surface area contributed by atoms with E-state index in [0.29, 0.717) is 22.5 Å². The molecule has 6 aromatic rings. The highest BCUT2D eigenvalue weighted by molar-refractivity contribution is 6.35. The van der Waals surface area contributed by atoms with Crippen molar-refractivity contribution in [3.05, 3.63) is 131 Å². The van der Waals surface area contributed by atoms with Crippen LogP contribution in [0.1, 0.15) is 51.3 Å². The van der Waals surface area contributed by atoms with Crippen molar-refractivity contribution in [2.24, 2.45) is 0 Å². The van der Waals surface area contributed by atoms with Gasteiger partial charge in [-0.2, -0.15) is 5.26 Å². The quantitative estimate of drug-likeness (QED) is 0.215. The van der Waals surface area contributed by atoms with Crippen molar-refractivity contribution >= 4 is 39.3 Å². The smallest absolute Gasteiger partial charge is 0.266 e. The topological polar surface area (TPSA) is 66.1 Å². The number of anilines is 1. The number of para-hydroxylation sites is 2. The molecule has 0 unspecified atom stereocenters. The Kier molecular flexibility index (Phi) is 4.59. The standard InChI is InChI=1S/C36H23N3O2/c1-36(2)26-15-7-5-13-24(26)31-27(36)18-19-29-32(31)25-14-6-8-16-28(25)38(29)30-17-9-10-21(20-37)33(30)39-34(40)22-11-3-4-12-23(22)35(39)41/h3-19H,1-2H3. The minimum atomic E-state index is -0.424. The Morgan fingerprint density at radius 2 is 1.32 bits per heavy atom. The maximum Gasteiger partial charge on any atom is 0.266 e. The molecule has 194 valence electrons. The molecule has 5 aromatic carbocycles. The third-order valence-corrected chi connectivity index (χ3v) is 8.78. The van der Waals surface area contributed by atoms with Crippen LogP contribution in [0.3, 0.4) is 0 Å². The van der Waals surface area contributed by atoms with Gasteiger partial charge in [-0.25, -0.2) is 4.90 Å². The Balaban J connectivity index is 1.49. The first-order chi connectivity index (χ1) is 19.9. The van der Waals surface area contributed by atoms with Crippen LogP contribution in [0.5, 0.6) is 0 Å². The van der Waals surface area contributed by atoms with Crippen LogP contribution in [0.25, 0.3) is 38.6 Å². The van der Waals surface area contributed by atoms with Crippen LogP contribution in [0.15, 0.2) is 103 Å². The predicted octanol–water partition coefficient (Wildman–Crippen LogP) is 7.76. The van der Waals surface area contributed by atoms with Crippen LogP contribution in [0, 0.1) is 11.3 Å². The number of hydrogen-bond donors (Lipinski definition) is 0. The lowest BCUT2D eigenvalue weighted by Gasteiger charge is -2.22. The molecule has 0 atom stereocenters. The van der Waals surface area contributed by atoms with E-state index in [4.69, 9.17) is 0 Å². The Labute approximate surface area is 236 Å². The van der Waals surface area contributed by atoms with Gasteiger partial charge in [-0.3, -0.25) is 9.59 Å². The Hall–Kier alpha value is -5.47. The number of hydrogen-bond acceptors (Lipinski definition) is 3. The SMILES string of the molecule is CC1(C)c2ccccc2-c2c1ccc1c2c2ccccc2n1-c1cccc(C#N)c1N1C(=O)c2ccccc2C1=O. The zero-order chi connectivity index (χ0) is 28.0. The fraction of sp³-hybridized carbons (Fsp3) is 0.0833. The van der Waals surface area contributed by atoms with Gasteiger partial charge in [0.15, 0.2) is 0 Å². The van der Waals surface area contributed by atoms with Crippen molar-refractivity contribution in [3.63, 3.8) is 0 Å². The molecule has 0 fully saturated rings. The number of amides is 2. The van der Waals surface area contributed by atoms with E-state index < -0.39 is 11.8 Å². The second-order valence-electron chi connectivity index (χ2n) is 11.2. The van der Waals surface area contributed by atoms with Gasteiger partial charge in [-0.05, 0) is 58.7 Å². The Morgan fingerprint density at radius 1 is 0.659 bits per heavy atom. The van der Waals surface area contributed by atoms with Crippen LogP contribution in [0.4, 0.5) is 5.69 Å². The Bertz CT molecular complexity index is 2160. The summed E-state index contributed by atoms with van der Waals surface area (Å²) in [5, 5.41) is 12.4. The molecule has 41 heavy (non-hydrogen) atoms. The molecule has 0 saturated carbocycles. The van der Waals surface area contributed by atoms with Crippen LogP contribution < -0.4 is 4.90 Å². The molecule has 0 N–H and O–H groups in total. The molecule has 2 amide bonds. The summed E-state index contributed by atoms with van der Waals surface area (Å²) in [6.07, 6.45) is 0. The summed E-state index contributed by atoms with van der Waals surface area (Å²) in [6, 6.07) is 35.5. The normalized spacial score (nSPS) is 14.8. The van der Waals surface area contributed by atoms with Crippen molar-refractivity contribution < 1.29 is 9.59 Å². The molecule has 0 spiro atoms. The molecule has 2 aliphatic rings. The van der Waals surface area contributed by atoms with Crippen LogP contribution >= 0.6 is 0 Å². The number of aromatic nitrogens is 1. The van der Waals surface area contributed by atoms with E-state index in [-0.39, 0.29) is 11.0 Å². The number of fused-ring (bicyclic) bond motifs is 8.